The second kappa shape index (κ2) is 10.8. The Bertz CT molecular complexity index is 1760. The molecule has 2 atom stereocenters. The molecule has 1 fully saturated rings. The highest BCUT2D eigenvalue weighted by atomic mass is 16.6. The minimum atomic E-state index is -1.22. The molecule has 0 bridgehead atoms. The highest BCUT2D eigenvalue weighted by molar-refractivity contribution is 6.01. The number of amides is 2. The van der Waals surface area contributed by atoms with Crippen LogP contribution in [0.5, 0.6) is 23.0 Å². The van der Waals surface area contributed by atoms with Gasteiger partial charge in [0.1, 0.15) is 19.3 Å². The number of aryl methyl sites for hydroxylation is 2. The molecule has 1 saturated heterocycles. The number of anilines is 1. The van der Waals surface area contributed by atoms with Crippen molar-refractivity contribution in [3.8, 4) is 23.0 Å². The van der Waals surface area contributed by atoms with Gasteiger partial charge >= 0.3 is 0 Å². The Balaban J connectivity index is 1.47. The molecule has 216 valence electrons. The maximum absolute atomic E-state index is 14.2. The monoisotopic (exact) mass is 569 g/mol. The Morgan fingerprint density at radius 2 is 1.64 bits per heavy atom. The number of fused-ring (bicyclic) bond motifs is 2. The van der Waals surface area contributed by atoms with Gasteiger partial charge in [-0.15, -0.1) is 0 Å². The van der Waals surface area contributed by atoms with Gasteiger partial charge in [-0.1, -0.05) is 24.3 Å². The fraction of sp³-hybridized carbons (Fsp3) is 0.281. The van der Waals surface area contributed by atoms with Gasteiger partial charge in [-0.3, -0.25) is 14.4 Å². The summed E-state index contributed by atoms with van der Waals surface area (Å²) in [5.74, 6) is 1.38. The number of ether oxygens (including phenoxy) is 4. The van der Waals surface area contributed by atoms with Crippen molar-refractivity contribution in [3.63, 3.8) is 0 Å². The first kappa shape index (κ1) is 27.2. The van der Waals surface area contributed by atoms with E-state index in [1.54, 1.807) is 37.4 Å². The third-order valence-electron chi connectivity index (χ3n) is 7.87. The number of aromatic amines is 1. The van der Waals surface area contributed by atoms with E-state index in [0.717, 1.165) is 16.7 Å². The third-order valence-corrected chi connectivity index (χ3v) is 7.87. The van der Waals surface area contributed by atoms with Gasteiger partial charge in [-0.2, -0.15) is 0 Å². The maximum Gasteiger partial charge on any atom is 0.254 e. The fourth-order valence-corrected chi connectivity index (χ4v) is 5.68. The number of H-pyrrole nitrogens is 1. The molecular weight excluding hydrogens is 538 g/mol. The maximum atomic E-state index is 14.2. The Hall–Kier alpha value is -4.99. The lowest BCUT2D eigenvalue weighted by Crippen LogP contribution is -2.52. The number of likely N-dealkylation sites (tertiary alicyclic amines) is 1. The van der Waals surface area contributed by atoms with Crippen LogP contribution in [-0.2, 0) is 9.59 Å². The van der Waals surface area contributed by atoms with Crippen LogP contribution in [0.4, 0.5) is 5.69 Å². The summed E-state index contributed by atoms with van der Waals surface area (Å²) in [4.78, 5) is 45.5. The number of hydrogen-bond acceptors (Lipinski definition) is 7. The summed E-state index contributed by atoms with van der Waals surface area (Å²) >= 11 is 0. The van der Waals surface area contributed by atoms with Gasteiger partial charge in [0.05, 0.1) is 32.2 Å². The highest BCUT2D eigenvalue weighted by Crippen LogP contribution is 2.44. The van der Waals surface area contributed by atoms with E-state index < -0.39 is 23.6 Å². The molecular formula is C32H31N3O7. The van der Waals surface area contributed by atoms with Crippen molar-refractivity contribution in [1.82, 2.24) is 9.88 Å². The van der Waals surface area contributed by atoms with E-state index in [1.165, 1.54) is 12.0 Å². The molecule has 6 rings (SSSR count). The number of aromatic nitrogens is 1. The van der Waals surface area contributed by atoms with Gasteiger partial charge in [-0.25, -0.2) is 0 Å². The number of β-lactam (4-membered cyclic amide) rings is 1. The third kappa shape index (κ3) is 4.68. The van der Waals surface area contributed by atoms with Crippen molar-refractivity contribution >= 4 is 28.4 Å². The summed E-state index contributed by atoms with van der Waals surface area (Å²) in [7, 11) is 3.08. The Kier molecular flexibility index (Phi) is 6.97. The quantitative estimate of drug-likeness (QED) is 0.313. The smallest absolute Gasteiger partial charge is 0.254 e. The number of carbonyl (C=O) groups excluding carboxylic acids is 2. The van der Waals surface area contributed by atoms with Crippen LogP contribution in [0.1, 0.15) is 40.8 Å². The molecule has 42 heavy (non-hydrogen) atoms. The largest absolute Gasteiger partial charge is 0.493 e. The molecule has 2 aliphatic rings. The van der Waals surface area contributed by atoms with Crippen LogP contribution >= 0.6 is 0 Å². The molecule has 0 aliphatic carbocycles. The first-order valence-electron chi connectivity index (χ1n) is 13.7. The first-order chi connectivity index (χ1) is 20.3. The van der Waals surface area contributed by atoms with Gasteiger partial charge in [-0.05, 0) is 54.8 Å². The van der Waals surface area contributed by atoms with Crippen LogP contribution in [0, 0.1) is 13.8 Å². The molecule has 10 nitrogen and oxygen atoms in total. The molecule has 2 amide bonds. The van der Waals surface area contributed by atoms with E-state index in [4.69, 9.17) is 18.9 Å². The van der Waals surface area contributed by atoms with Gasteiger partial charge in [0.2, 0.25) is 5.91 Å². The number of rotatable bonds is 7. The lowest BCUT2D eigenvalue weighted by atomic mass is 9.88. The molecule has 2 aliphatic heterocycles. The molecule has 2 unspecified atom stereocenters. The zero-order valence-electron chi connectivity index (χ0n) is 23.8. The molecule has 1 aromatic heterocycles. The van der Waals surface area contributed by atoms with Crippen molar-refractivity contribution in [3.05, 3.63) is 87.2 Å². The van der Waals surface area contributed by atoms with Gasteiger partial charge in [0.25, 0.3) is 11.5 Å². The summed E-state index contributed by atoms with van der Waals surface area (Å²) in [6, 6.07) is 14.5. The number of nitrogens with one attached hydrogen (secondary N) is 2. The van der Waals surface area contributed by atoms with E-state index in [9.17, 15) is 14.4 Å². The number of methoxy groups -OCH3 is 2. The van der Waals surface area contributed by atoms with Gasteiger partial charge in [0.15, 0.2) is 23.0 Å². The topological polar surface area (TPSA) is 119 Å². The summed E-state index contributed by atoms with van der Waals surface area (Å²) in [5, 5.41) is 3.66. The van der Waals surface area contributed by atoms with Crippen molar-refractivity contribution in [2.45, 2.75) is 32.4 Å². The van der Waals surface area contributed by atoms with Crippen LogP contribution in [-0.4, -0.2) is 49.1 Å². The Morgan fingerprint density at radius 1 is 0.952 bits per heavy atom. The van der Waals surface area contributed by atoms with E-state index >= 15 is 0 Å². The predicted octanol–water partition coefficient (Wildman–Crippen LogP) is 4.59. The minimum Gasteiger partial charge on any atom is -0.493 e. The zero-order valence-corrected chi connectivity index (χ0v) is 23.8. The SMILES string of the molecule is COc1ccc(C2CC(=O)N2C(C(=O)Nc2c(C)cccc2C)c2cc3cc4c(cc3[nH]c2=O)OCCO4)cc1OC. The highest BCUT2D eigenvalue weighted by Gasteiger charge is 2.46. The van der Waals surface area contributed by atoms with E-state index in [-0.39, 0.29) is 17.9 Å². The number of benzene rings is 3. The van der Waals surface area contributed by atoms with Crippen LogP contribution < -0.4 is 29.8 Å². The van der Waals surface area contributed by atoms with Gasteiger partial charge in [0, 0.05) is 22.7 Å². The van der Waals surface area contributed by atoms with Crippen molar-refractivity contribution < 1.29 is 28.5 Å². The number of nitrogens with zero attached hydrogens (tertiary/aromatic N) is 1. The van der Waals surface area contributed by atoms with Crippen LogP contribution in [0.25, 0.3) is 10.9 Å². The predicted molar refractivity (Wildman–Crippen MR) is 157 cm³/mol. The molecule has 10 heteroatoms. The summed E-state index contributed by atoms with van der Waals surface area (Å²) in [6.45, 7) is 4.61. The lowest BCUT2D eigenvalue weighted by Gasteiger charge is -2.45. The van der Waals surface area contributed by atoms with Crippen molar-refractivity contribution in [2.75, 3.05) is 32.8 Å². The second-order valence-electron chi connectivity index (χ2n) is 10.4. The number of pyridine rings is 1. The Labute approximate surface area is 242 Å². The molecule has 0 spiro atoms. The lowest BCUT2D eigenvalue weighted by molar-refractivity contribution is -0.154. The summed E-state index contributed by atoms with van der Waals surface area (Å²) < 4.78 is 22.3. The molecule has 3 heterocycles. The van der Waals surface area contributed by atoms with Crippen LogP contribution in [0.2, 0.25) is 0 Å². The fourth-order valence-electron chi connectivity index (χ4n) is 5.68. The van der Waals surface area contributed by atoms with Crippen molar-refractivity contribution in [2.24, 2.45) is 0 Å². The average Bonchev–Trinajstić information content (AvgIpc) is 2.98. The number of carbonyl (C=O) groups is 2. The molecule has 0 saturated carbocycles. The standard InChI is InChI=1S/C32H31N3O7/c1-17-6-5-7-18(2)29(17)34-32(38)30(35-23(16-28(35)36)19-8-9-24(39-3)25(13-19)40-4)21-12-20-14-26-27(42-11-10-41-26)15-22(20)33-31(21)37/h5-9,12-15,23,30H,10-11,16H2,1-4H3,(H,33,37)(H,34,38). The summed E-state index contributed by atoms with van der Waals surface area (Å²) in [6.07, 6.45) is 0.173. The normalized spacial score (nSPS) is 16.5. The number of para-hydroxylation sites is 1. The zero-order chi connectivity index (χ0) is 29.5. The van der Waals surface area contributed by atoms with Crippen LogP contribution in [0.15, 0.2) is 59.4 Å². The molecule has 0 radical (unpaired) electrons. The van der Waals surface area contributed by atoms with Crippen LogP contribution in [0.3, 0.4) is 0 Å². The molecule has 2 N–H and O–H groups in total. The second-order valence-corrected chi connectivity index (χ2v) is 10.4. The summed E-state index contributed by atoms with van der Waals surface area (Å²) in [5.41, 5.74) is 3.32. The first-order valence-corrected chi connectivity index (χ1v) is 13.7. The van der Waals surface area contributed by atoms with E-state index in [2.05, 4.69) is 10.3 Å². The molecule has 3 aromatic carbocycles. The van der Waals surface area contributed by atoms with Gasteiger partial charge < -0.3 is 34.1 Å². The van der Waals surface area contributed by atoms with E-state index in [0.29, 0.717) is 52.8 Å². The number of hydrogen-bond donors (Lipinski definition) is 2. The molecule has 4 aromatic rings. The average molecular weight is 570 g/mol. The minimum absolute atomic E-state index is 0.140. The van der Waals surface area contributed by atoms with Crippen molar-refractivity contribution in [1.29, 1.82) is 0 Å². The van der Waals surface area contributed by atoms with E-state index in [1.807, 2.05) is 38.1 Å². The Morgan fingerprint density at radius 3 is 2.31 bits per heavy atom.